The quantitative estimate of drug-likeness (QED) is 0.840. The minimum absolute atomic E-state index is 0.129. The maximum atomic E-state index is 12.1. The summed E-state index contributed by atoms with van der Waals surface area (Å²) in [6.45, 7) is 3.96. The van der Waals surface area contributed by atoms with E-state index in [1.165, 1.54) is 0 Å². The first kappa shape index (κ1) is 13.0. The summed E-state index contributed by atoms with van der Waals surface area (Å²) in [6, 6.07) is 9.48. The number of hydrogen-bond donors (Lipinski definition) is 1. The zero-order chi connectivity index (χ0) is 13.1. The molecule has 1 heterocycles. The van der Waals surface area contributed by atoms with E-state index in [4.69, 9.17) is 0 Å². The fourth-order valence-electron chi connectivity index (χ4n) is 1.74. The molecule has 0 spiro atoms. The van der Waals surface area contributed by atoms with Crippen molar-refractivity contribution in [2.75, 3.05) is 5.32 Å². The molecule has 4 heteroatoms. The number of carbonyl (C=O) groups excluding carboxylic acids is 1. The Bertz CT molecular complexity index is 559. The molecule has 92 valence electrons. The summed E-state index contributed by atoms with van der Waals surface area (Å²) < 4.78 is 1.04. The number of nitrogens with one attached hydrogen (secondary N) is 1. The van der Waals surface area contributed by atoms with Crippen LogP contribution in [0.25, 0.3) is 0 Å². The molecule has 0 aliphatic heterocycles. The van der Waals surface area contributed by atoms with Crippen molar-refractivity contribution in [3.63, 3.8) is 0 Å². The fourth-order valence-corrected chi connectivity index (χ4v) is 2.06. The summed E-state index contributed by atoms with van der Waals surface area (Å²) in [5.41, 5.74) is 2.82. The van der Waals surface area contributed by atoms with Crippen LogP contribution in [0, 0.1) is 17.4 Å². The van der Waals surface area contributed by atoms with E-state index in [1.54, 1.807) is 12.3 Å². The highest BCUT2D eigenvalue weighted by Gasteiger charge is 2.07. The van der Waals surface area contributed by atoms with Crippen molar-refractivity contribution in [3.8, 4) is 0 Å². The average Bonchev–Trinajstić information content (AvgIpc) is 2.31. The molecule has 1 N–H and O–H groups in total. The van der Waals surface area contributed by atoms with Crippen molar-refractivity contribution >= 4 is 34.3 Å². The molecule has 18 heavy (non-hydrogen) atoms. The molecular weight excluding hydrogens is 339 g/mol. The second-order valence-electron chi connectivity index (χ2n) is 4.19. The molecule has 0 radical (unpaired) electrons. The average molecular weight is 352 g/mol. The number of aryl methyl sites for hydroxylation is 2. The molecular formula is C14H13IN2O. The number of anilines is 1. The van der Waals surface area contributed by atoms with Gasteiger partial charge in [0.1, 0.15) is 5.82 Å². The first-order chi connectivity index (χ1) is 8.54. The van der Waals surface area contributed by atoms with Gasteiger partial charge in [-0.25, -0.2) is 4.98 Å². The summed E-state index contributed by atoms with van der Waals surface area (Å²) in [7, 11) is 0. The Hall–Kier alpha value is -1.43. The van der Waals surface area contributed by atoms with Crippen molar-refractivity contribution in [1.82, 2.24) is 4.98 Å². The second kappa shape index (κ2) is 5.48. The van der Waals surface area contributed by atoms with Crippen LogP contribution in [0.1, 0.15) is 21.5 Å². The van der Waals surface area contributed by atoms with E-state index in [1.807, 2.05) is 38.1 Å². The molecule has 0 atom stereocenters. The Morgan fingerprint density at radius 2 is 1.83 bits per heavy atom. The number of nitrogens with zero attached hydrogens (tertiary/aromatic N) is 1. The van der Waals surface area contributed by atoms with Gasteiger partial charge < -0.3 is 5.32 Å². The van der Waals surface area contributed by atoms with Gasteiger partial charge in [-0.05, 0) is 60.7 Å². The number of aromatic nitrogens is 1. The van der Waals surface area contributed by atoms with Crippen molar-refractivity contribution in [2.45, 2.75) is 13.8 Å². The molecule has 0 fully saturated rings. The van der Waals surface area contributed by atoms with E-state index in [9.17, 15) is 4.79 Å². The van der Waals surface area contributed by atoms with E-state index in [0.717, 1.165) is 14.7 Å². The predicted molar refractivity (Wildman–Crippen MR) is 80.8 cm³/mol. The van der Waals surface area contributed by atoms with Crippen LogP contribution >= 0.6 is 22.6 Å². The van der Waals surface area contributed by atoms with Crippen molar-refractivity contribution in [2.24, 2.45) is 0 Å². The lowest BCUT2D eigenvalue weighted by Crippen LogP contribution is -2.13. The van der Waals surface area contributed by atoms with Crippen LogP contribution in [0.4, 0.5) is 5.82 Å². The van der Waals surface area contributed by atoms with Crippen LogP contribution in [0.5, 0.6) is 0 Å². The highest BCUT2D eigenvalue weighted by atomic mass is 127. The Morgan fingerprint density at radius 3 is 2.39 bits per heavy atom. The topological polar surface area (TPSA) is 42.0 Å². The molecule has 1 amide bonds. The third kappa shape index (κ3) is 3.29. The Morgan fingerprint density at radius 1 is 1.17 bits per heavy atom. The first-order valence-corrected chi connectivity index (χ1v) is 6.64. The molecule has 0 aliphatic rings. The molecule has 0 aliphatic carbocycles. The summed E-state index contributed by atoms with van der Waals surface area (Å²) >= 11 is 2.18. The number of pyridine rings is 1. The Kier molecular flexibility index (Phi) is 3.96. The molecule has 0 saturated heterocycles. The van der Waals surface area contributed by atoms with Gasteiger partial charge in [0.05, 0.1) is 0 Å². The SMILES string of the molecule is Cc1cc(C)cc(C(=O)Nc2ccc(I)cn2)c1. The Balaban J connectivity index is 2.19. The highest BCUT2D eigenvalue weighted by molar-refractivity contribution is 14.1. The lowest BCUT2D eigenvalue weighted by molar-refractivity contribution is 0.102. The van der Waals surface area contributed by atoms with Crippen LogP contribution in [0.3, 0.4) is 0 Å². The van der Waals surface area contributed by atoms with Gasteiger partial charge in [0.2, 0.25) is 0 Å². The zero-order valence-corrected chi connectivity index (χ0v) is 12.4. The number of benzene rings is 1. The Labute approximate surface area is 120 Å². The second-order valence-corrected chi connectivity index (χ2v) is 5.44. The summed E-state index contributed by atoms with van der Waals surface area (Å²) in [5, 5.41) is 2.79. The van der Waals surface area contributed by atoms with Crippen LogP contribution in [-0.2, 0) is 0 Å². The lowest BCUT2D eigenvalue weighted by atomic mass is 10.1. The minimum Gasteiger partial charge on any atom is -0.307 e. The summed E-state index contributed by atoms with van der Waals surface area (Å²) in [5.74, 6) is 0.440. The van der Waals surface area contributed by atoms with E-state index in [2.05, 4.69) is 32.9 Å². The number of carbonyl (C=O) groups is 1. The number of halogens is 1. The van der Waals surface area contributed by atoms with Gasteiger partial charge in [0, 0.05) is 15.3 Å². The first-order valence-electron chi connectivity index (χ1n) is 5.56. The molecule has 2 rings (SSSR count). The van der Waals surface area contributed by atoms with E-state index in [0.29, 0.717) is 11.4 Å². The van der Waals surface area contributed by atoms with Crippen LogP contribution in [0.15, 0.2) is 36.5 Å². The standard InChI is InChI=1S/C14H13IN2O/c1-9-5-10(2)7-11(6-9)14(18)17-13-4-3-12(15)8-16-13/h3-8H,1-2H3,(H,16,17,18). The summed E-state index contributed by atoms with van der Waals surface area (Å²) in [4.78, 5) is 16.2. The maximum Gasteiger partial charge on any atom is 0.256 e. The van der Waals surface area contributed by atoms with Crippen LogP contribution in [-0.4, -0.2) is 10.9 Å². The molecule has 0 unspecified atom stereocenters. The van der Waals surface area contributed by atoms with E-state index >= 15 is 0 Å². The van der Waals surface area contributed by atoms with Gasteiger partial charge in [-0.1, -0.05) is 17.2 Å². The number of amides is 1. The van der Waals surface area contributed by atoms with Gasteiger partial charge in [-0.3, -0.25) is 4.79 Å². The van der Waals surface area contributed by atoms with Gasteiger partial charge in [0.15, 0.2) is 0 Å². The third-order valence-electron chi connectivity index (χ3n) is 2.45. The molecule has 0 saturated carbocycles. The largest absolute Gasteiger partial charge is 0.307 e. The number of rotatable bonds is 2. The third-order valence-corrected chi connectivity index (χ3v) is 3.09. The van der Waals surface area contributed by atoms with Gasteiger partial charge in [0.25, 0.3) is 5.91 Å². The number of hydrogen-bond acceptors (Lipinski definition) is 2. The van der Waals surface area contributed by atoms with E-state index in [-0.39, 0.29) is 5.91 Å². The smallest absolute Gasteiger partial charge is 0.256 e. The van der Waals surface area contributed by atoms with Gasteiger partial charge >= 0.3 is 0 Å². The van der Waals surface area contributed by atoms with Crippen molar-refractivity contribution in [3.05, 3.63) is 56.8 Å². The van der Waals surface area contributed by atoms with Crippen LogP contribution in [0.2, 0.25) is 0 Å². The van der Waals surface area contributed by atoms with Gasteiger partial charge in [-0.2, -0.15) is 0 Å². The van der Waals surface area contributed by atoms with E-state index < -0.39 is 0 Å². The predicted octanol–water partition coefficient (Wildman–Crippen LogP) is 3.56. The highest BCUT2D eigenvalue weighted by Crippen LogP contribution is 2.12. The molecule has 1 aromatic heterocycles. The monoisotopic (exact) mass is 352 g/mol. The maximum absolute atomic E-state index is 12.1. The fraction of sp³-hybridized carbons (Fsp3) is 0.143. The summed E-state index contributed by atoms with van der Waals surface area (Å²) in [6.07, 6.45) is 1.72. The van der Waals surface area contributed by atoms with Crippen molar-refractivity contribution in [1.29, 1.82) is 0 Å². The minimum atomic E-state index is -0.129. The zero-order valence-electron chi connectivity index (χ0n) is 10.2. The molecule has 2 aromatic rings. The molecule has 1 aromatic carbocycles. The molecule has 0 bridgehead atoms. The van der Waals surface area contributed by atoms with Crippen LogP contribution < -0.4 is 5.32 Å². The molecule has 3 nitrogen and oxygen atoms in total. The van der Waals surface area contributed by atoms with Crippen molar-refractivity contribution < 1.29 is 4.79 Å². The normalized spacial score (nSPS) is 10.2. The van der Waals surface area contributed by atoms with Gasteiger partial charge in [-0.15, -0.1) is 0 Å². The lowest BCUT2D eigenvalue weighted by Gasteiger charge is -2.06.